The second-order valence-electron chi connectivity index (χ2n) is 7.60. The van der Waals surface area contributed by atoms with Crippen LogP contribution in [0.2, 0.25) is 0 Å². The predicted molar refractivity (Wildman–Crippen MR) is 100 cm³/mol. The lowest BCUT2D eigenvalue weighted by Crippen LogP contribution is -2.22. The third-order valence-corrected chi connectivity index (χ3v) is 6.13. The molecule has 0 aliphatic heterocycles. The lowest BCUT2D eigenvalue weighted by molar-refractivity contribution is -0.151. The molecule has 0 N–H and O–H groups in total. The summed E-state index contributed by atoms with van der Waals surface area (Å²) in [5, 5.41) is 4.77. The van der Waals surface area contributed by atoms with Gasteiger partial charge < -0.3 is 4.74 Å². The number of benzene rings is 3. The molecule has 2 aliphatic carbocycles. The molecule has 0 saturated heterocycles. The third kappa shape index (κ3) is 2.60. The summed E-state index contributed by atoms with van der Waals surface area (Å²) in [7, 11) is 0. The molecular formula is C23H22O2. The van der Waals surface area contributed by atoms with E-state index in [0.717, 1.165) is 17.9 Å². The summed E-state index contributed by atoms with van der Waals surface area (Å²) in [6, 6.07) is 18.9. The van der Waals surface area contributed by atoms with Gasteiger partial charge in [0, 0.05) is 5.56 Å². The Bertz CT molecular complexity index is 905. The normalized spacial score (nSPS) is 24.9. The number of ether oxygens (including phenoxy) is 1. The first-order valence-corrected chi connectivity index (χ1v) is 9.37. The Balaban J connectivity index is 1.47. The number of carbonyl (C=O) groups is 1. The zero-order chi connectivity index (χ0) is 16.8. The van der Waals surface area contributed by atoms with Gasteiger partial charge in [0.1, 0.15) is 6.61 Å². The van der Waals surface area contributed by atoms with Crippen LogP contribution in [-0.2, 0) is 16.1 Å². The molecule has 3 atom stereocenters. The summed E-state index contributed by atoms with van der Waals surface area (Å²) < 4.78 is 5.84. The Morgan fingerprint density at radius 2 is 1.64 bits per heavy atom. The molecular weight excluding hydrogens is 308 g/mol. The summed E-state index contributed by atoms with van der Waals surface area (Å²) in [4.78, 5) is 12.7. The van der Waals surface area contributed by atoms with Crippen molar-refractivity contribution in [1.82, 2.24) is 0 Å². The van der Waals surface area contributed by atoms with E-state index in [4.69, 9.17) is 4.74 Å². The monoisotopic (exact) mass is 330 g/mol. The molecule has 0 aromatic heterocycles. The number of esters is 1. The van der Waals surface area contributed by atoms with Crippen LogP contribution < -0.4 is 0 Å². The number of carbonyl (C=O) groups excluding carboxylic acids is 1. The lowest BCUT2D eigenvalue weighted by Gasteiger charge is -2.20. The molecule has 2 fully saturated rings. The molecule has 3 aromatic carbocycles. The average molecular weight is 330 g/mol. The van der Waals surface area contributed by atoms with Crippen molar-refractivity contribution in [3.8, 4) is 0 Å². The molecule has 0 spiro atoms. The molecule has 2 nitrogen and oxygen atoms in total. The number of hydrogen-bond donors (Lipinski definition) is 0. The molecule has 126 valence electrons. The van der Waals surface area contributed by atoms with Gasteiger partial charge >= 0.3 is 5.97 Å². The minimum atomic E-state index is 0.0178. The molecule has 25 heavy (non-hydrogen) atoms. The summed E-state index contributed by atoms with van der Waals surface area (Å²) in [6.07, 6.45) is 4.73. The zero-order valence-electron chi connectivity index (χ0n) is 14.3. The minimum Gasteiger partial charge on any atom is -0.461 e. The van der Waals surface area contributed by atoms with Crippen molar-refractivity contribution >= 4 is 27.5 Å². The smallest absolute Gasteiger partial charge is 0.309 e. The van der Waals surface area contributed by atoms with Gasteiger partial charge in [0.15, 0.2) is 0 Å². The molecule has 2 saturated carbocycles. The first-order chi connectivity index (χ1) is 12.3. The highest BCUT2D eigenvalue weighted by molar-refractivity contribution is 6.02. The maximum absolute atomic E-state index is 12.7. The molecule has 0 heterocycles. The molecule has 3 unspecified atom stereocenters. The predicted octanol–water partition coefficient (Wildman–Crippen LogP) is 5.47. The fourth-order valence-corrected chi connectivity index (χ4v) is 4.72. The van der Waals surface area contributed by atoms with Gasteiger partial charge in [0.05, 0.1) is 5.92 Å². The summed E-state index contributed by atoms with van der Waals surface area (Å²) >= 11 is 0. The Morgan fingerprint density at radius 3 is 2.36 bits per heavy atom. The topological polar surface area (TPSA) is 26.3 Å². The Morgan fingerprint density at radius 1 is 0.960 bits per heavy atom. The summed E-state index contributed by atoms with van der Waals surface area (Å²) in [5.41, 5.74) is 1.13. The van der Waals surface area contributed by atoms with Gasteiger partial charge in [-0.15, -0.1) is 0 Å². The molecule has 5 rings (SSSR count). The SMILES string of the molecule is O=C(OCc1c2ccccc2cc2ccccc12)C1CCCC2CC21. The van der Waals surface area contributed by atoms with Gasteiger partial charge in [-0.05, 0) is 52.3 Å². The fraction of sp³-hybridized carbons (Fsp3) is 0.348. The van der Waals surface area contributed by atoms with Crippen LogP contribution in [0.1, 0.15) is 31.2 Å². The second-order valence-corrected chi connectivity index (χ2v) is 7.60. The van der Waals surface area contributed by atoms with E-state index in [-0.39, 0.29) is 11.9 Å². The zero-order valence-corrected chi connectivity index (χ0v) is 14.3. The van der Waals surface area contributed by atoms with Crippen LogP contribution >= 0.6 is 0 Å². The number of hydrogen-bond acceptors (Lipinski definition) is 2. The molecule has 0 amide bonds. The second kappa shape index (κ2) is 5.87. The first-order valence-electron chi connectivity index (χ1n) is 9.37. The van der Waals surface area contributed by atoms with Crippen molar-refractivity contribution in [1.29, 1.82) is 0 Å². The third-order valence-electron chi connectivity index (χ3n) is 6.13. The van der Waals surface area contributed by atoms with E-state index in [1.807, 2.05) is 0 Å². The van der Waals surface area contributed by atoms with Crippen LogP contribution in [0, 0.1) is 17.8 Å². The van der Waals surface area contributed by atoms with Crippen molar-refractivity contribution in [3.05, 3.63) is 60.2 Å². The standard InChI is InChI=1S/C23H22O2/c24-23(20-11-5-8-17-13-21(17)20)25-14-22-18-9-3-1-6-15(18)12-16-7-2-4-10-19(16)22/h1-4,6-7,9-10,12,17,20-21H,5,8,11,13-14H2. The van der Waals surface area contributed by atoms with E-state index >= 15 is 0 Å². The maximum atomic E-state index is 12.7. The van der Waals surface area contributed by atoms with Gasteiger partial charge in [0.25, 0.3) is 0 Å². The van der Waals surface area contributed by atoms with E-state index in [1.165, 1.54) is 40.8 Å². The highest BCUT2D eigenvalue weighted by Crippen LogP contribution is 2.53. The highest BCUT2D eigenvalue weighted by atomic mass is 16.5. The largest absolute Gasteiger partial charge is 0.461 e. The Kier molecular flexibility index (Phi) is 3.51. The molecule has 0 radical (unpaired) electrons. The summed E-state index contributed by atoms with van der Waals surface area (Å²) in [5.74, 6) is 1.56. The number of fused-ring (bicyclic) bond motifs is 3. The quantitative estimate of drug-likeness (QED) is 0.470. The van der Waals surface area contributed by atoms with Crippen LogP contribution in [0.4, 0.5) is 0 Å². The molecule has 2 aliphatic rings. The van der Waals surface area contributed by atoms with Crippen LogP contribution in [0.5, 0.6) is 0 Å². The number of rotatable bonds is 3. The molecule has 0 bridgehead atoms. The van der Waals surface area contributed by atoms with Crippen molar-refractivity contribution in [3.63, 3.8) is 0 Å². The lowest BCUT2D eigenvalue weighted by atomic mass is 9.89. The van der Waals surface area contributed by atoms with E-state index in [2.05, 4.69) is 54.6 Å². The minimum absolute atomic E-state index is 0.0178. The van der Waals surface area contributed by atoms with Crippen LogP contribution in [0.3, 0.4) is 0 Å². The Labute approximate surface area is 147 Å². The first kappa shape index (κ1) is 14.9. The van der Waals surface area contributed by atoms with Crippen molar-refractivity contribution in [2.75, 3.05) is 0 Å². The van der Waals surface area contributed by atoms with Crippen LogP contribution in [0.15, 0.2) is 54.6 Å². The van der Waals surface area contributed by atoms with E-state index in [9.17, 15) is 4.79 Å². The maximum Gasteiger partial charge on any atom is 0.309 e. The highest BCUT2D eigenvalue weighted by Gasteiger charge is 2.48. The van der Waals surface area contributed by atoms with Gasteiger partial charge in [-0.1, -0.05) is 61.4 Å². The van der Waals surface area contributed by atoms with Gasteiger partial charge in [-0.25, -0.2) is 0 Å². The van der Waals surface area contributed by atoms with Gasteiger partial charge in [-0.2, -0.15) is 0 Å². The van der Waals surface area contributed by atoms with Crippen molar-refractivity contribution in [2.24, 2.45) is 17.8 Å². The average Bonchev–Trinajstić information content (AvgIpc) is 3.44. The fourth-order valence-electron chi connectivity index (χ4n) is 4.72. The Hall–Kier alpha value is -2.35. The van der Waals surface area contributed by atoms with Crippen LogP contribution in [0.25, 0.3) is 21.5 Å². The van der Waals surface area contributed by atoms with E-state index in [1.54, 1.807) is 0 Å². The van der Waals surface area contributed by atoms with Gasteiger partial charge in [-0.3, -0.25) is 4.79 Å². The van der Waals surface area contributed by atoms with Crippen LogP contribution in [-0.4, -0.2) is 5.97 Å². The van der Waals surface area contributed by atoms with E-state index < -0.39 is 0 Å². The molecule has 2 heteroatoms. The molecule has 3 aromatic rings. The summed E-state index contributed by atoms with van der Waals surface area (Å²) in [6.45, 7) is 0.370. The van der Waals surface area contributed by atoms with Crippen molar-refractivity contribution < 1.29 is 9.53 Å². The van der Waals surface area contributed by atoms with Gasteiger partial charge in [0.2, 0.25) is 0 Å². The van der Waals surface area contributed by atoms with E-state index in [0.29, 0.717) is 12.5 Å². The van der Waals surface area contributed by atoms with Crippen molar-refractivity contribution in [2.45, 2.75) is 32.3 Å².